The summed E-state index contributed by atoms with van der Waals surface area (Å²) < 4.78 is 0. The van der Waals surface area contributed by atoms with E-state index in [9.17, 15) is 53.7 Å². The van der Waals surface area contributed by atoms with E-state index in [4.69, 9.17) is 5.73 Å². The number of nitrogens with one attached hydrogen (secondary N) is 5. The molecule has 60 heavy (non-hydrogen) atoms. The van der Waals surface area contributed by atoms with Crippen LogP contribution in [0.2, 0.25) is 0 Å². The Balaban J connectivity index is 2.28. The molecule has 0 saturated carbocycles. The van der Waals surface area contributed by atoms with Gasteiger partial charge in [-0.1, -0.05) is 74.7 Å². The average molecular weight is 853 g/mol. The molecule has 0 spiro atoms. The van der Waals surface area contributed by atoms with Crippen LogP contribution in [0.4, 0.5) is 0 Å². The number of nitrogens with zero attached hydrogens (tertiary/aromatic N) is 2. The monoisotopic (exact) mass is 853 g/mol. The van der Waals surface area contributed by atoms with Gasteiger partial charge in [-0.05, 0) is 62.7 Å². The number of likely N-dealkylation sites (tertiary alicyclic amines) is 2. The Bertz CT molecular complexity index is 1510. The van der Waals surface area contributed by atoms with Crippen LogP contribution < -0.4 is 32.3 Å². The molecule has 19 nitrogen and oxygen atoms in total. The summed E-state index contributed by atoms with van der Waals surface area (Å²) in [5.74, 6) is -7.03. The molecule has 2 rings (SSSR count). The Kier molecular flexibility index (Phi) is 20.9. The van der Waals surface area contributed by atoms with E-state index in [1.807, 2.05) is 27.7 Å². The number of aliphatic hydroxyl groups excluding tert-OH is 2. The van der Waals surface area contributed by atoms with Gasteiger partial charge in [0.25, 0.3) is 0 Å². The first-order valence-electron chi connectivity index (χ1n) is 21.5. The number of aliphatic hydroxyl groups is 2. The second kappa shape index (κ2) is 24.2. The molecule has 0 aromatic rings. The van der Waals surface area contributed by atoms with Gasteiger partial charge in [0.2, 0.25) is 41.4 Å². The van der Waals surface area contributed by atoms with E-state index in [1.54, 1.807) is 27.7 Å². The van der Waals surface area contributed by atoms with Crippen molar-refractivity contribution in [3.8, 4) is 0 Å². The lowest BCUT2D eigenvalue weighted by Gasteiger charge is -2.34. The molecular formula is C41H72N8O11. The fourth-order valence-corrected chi connectivity index (χ4v) is 7.48. The SMILES string of the molecule is CC[C@H](C)[C@H](NC(=O)[C@H](CC(C)C)NC(=O)[C@@H](NC(=O)[C@@H]1CCCN1C(=O)[C@@H](NC(=O)[C@@H]1CCCN1C(=O)[C@@H](NC(=O)[C@@H](N)CO)[C@@H](C)CC)[C@@H](C)O)[C@@H](C)CC)C(=O)O. The molecule has 0 unspecified atom stereocenters. The summed E-state index contributed by atoms with van der Waals surface area (Å²) >= 11 is 0. The van der Waals surface area contributed by atoms with Crippen LogP contribution in [0, 0.1) is 23.7 Å². The molecule has 10 N–H and O–H groups in total. The second-order valence-corrected chi connectivity index (χ2v) is 17.0. The van der Waals surface area contributed by atoms with Gasteiger partial charge in [0.1, 0.15) is 48.3 Å². The maximum Gasteiger partial charge on any atom is 0.326 e. The zero-order valence-electron chi connectivity index (χ0n) is 36.9. The maximum absolute atomic E-state index is 14.1. The molecule has 2 saturated heterocycles. The van der Waals surface area contributed by atoms with E-state index in [1.165, 1.54) is 16.7 Å². The first kappa shape index (κ1) is 51.8. The minimum Gasteiger partial charge on any atom is -0.480 e. The Morgan fingerprint density at radius 2 is 1.05 bits per heavy atom. The number of carbonyl (C=O) groups excluding carboxylic acids is 7. The van der Waals surface area contributed by atoms with E-state index >= 15 is 0 Å². The van der Waals surface area contributed by atoms with E-state index in [0.717, 1.165) is 0 Å². The molecule has 0 aromatic heterocycles. The number of carboxylic acid groups (broad SMARTS) is 1. The van der Waals surface area contributed by atoms with Crippen LogP contribution in [0.3, 0.4) is 0 Å². The number of carbonyl (C=O) groups is 8. The molecule has 7 amide bonds. The molecule has 0 radical (unpaired) electrons. The summed E-state index contributed by atoms with van der Waals surface area (Å²) in [7, 11) is 0. The highest BCUT2D eigenvalue weighted by atomic mass is 16.4. The van der Waals surface area contributed by atoms with Crippen LogP contribution in [0.5, 0.6) is 0 Å². The number of carboxylic acids is 1. The van der Waals surface area contributed by atoms with Crippen molar-refractivity contribution in [3.05, 3.63) is 0 Å². The third kappa shape index (κ3) is 13.8. The number of nitrogens with two attached hydrogens (primary N) is 1. The van der Waals surface area contributed by atoms with Crippen molar-refractivity contribution in [1.29, 1.82) is 0 Å². The Morgan fingerprint density at radius 1 is 0.617 bits per heavy atom. The lowest BCUT2D eigenvalue weighted by atomic mass is 9.95. The Morgan fingerprint density at radius 3 is 1.48 bits per heavy atom. The van der Waals surface area contributed by atoms with Gasteiger partial charge in [-0.15, -0.1) is 0 Å². The summed E-state index contributed by atoms with van der Waals surface area (Å²) in [4.78, 5) is 110. The summed E-state index contributed by atoms with van der Waals surface area (Å²) in [6, 6.07) is -9.26. The van der Waals surface area contributed by atoms with Gasteiger partial charge < -0.3 is 57.4 Å². The van der Waals surface area contributed by atoms with Crippen molar-refractivity contribution in [3.63, 3.8) is 0 Å². The van der Waals surface area contributed by atoms with E-state index < -0.39 is 114 Å². The number of amides is 7. The number of hydrogen-bond donors (Lipinski definition) is 9. The third-order valence-corrected chi connectivity index (χ3v) is 11.9. The molecule has 0 aromatic carbocycles. The molecular weight excluding hydrogens is 780 g/mol. The van der Waals surface area contributed by atoms with Crippen LogP contribution >= 0.6 is 0 Å². The predicted octanol–water partition coefficient (Wildman–Crippen LogP) is -0.638. The Labute approximate surface area is 354 Å². The predicted molar refractivity (Wildman–Crippen MR) is 221 cm³/mol. The highest BCUT2D eigenvalue weighted by molar-refractivity contribution is 5.98. The largest absolute Gasteiger partial charge is 0.480 e. The topological polar surface area (TPSA) is 290 Å². The summed E-state index contributed by atoms with van der Waals surface area (Å²) in [6.07, 6.45) is 1.59. The molecule has 2 heterocycles. The zero-order chi connectivity index (χ0) is 45.6. The lowest BCUT2D eigenvalue weighted by molar-refractivity contribution is -0.147. The zero-order valence-corrected chi connectivity index (χ0v) is 36.9. The van der Waals surface area contributed by atoms with Gasteiger partial charge in [-0.3, -0.25) is 33.6 Å². The van der Waals surface area contributed by atoms with Crippen molar-refractivity contribution in [2.75, 3.05) is 19.7 Å². The molecule has 12 atom stereocenters. The fourth-order valence-electron chi connectivity index (χ4n) is 7.48. The van der Waals surface area contributed by atoms with Crippen molar-refractivity contribution >= 4 is 47.3 Å². The molecule has 2 aliphatic heterocycles. The van der Waals surface area contributed by atoms with Crippen LogP contribution in [-0.4, -0.2) is 147 Å². The summed E-state index contributed by atoms with van der Waals surface area (Å²) in [5.41, 5.74) is 5.67. The smallest absolute Gasteiger partial charge is 0.326 e. The van der Waals surface area contributed by atoms with Crippen LogP contribution in [-0.2, 0) is 38.4 Å². The molecule has 0 aliphatic carbocycles. The number of hydrogen-bond acceptors (Lipinski definition) is 11. The molecule has 342 valence electrons. The van der Waals surface area contributed by atoms with E-state index in [2.05, 4.69) is 26.6 Å². The number of aliphatic carboxylic acids is 1. The second-order valence-electron chi connectivity index (χ2n) is 17.0. The van der Waals surface area contributed by atoms with Gasteiger partial charge in [-0.2, -0.15) is 0 Å². The van der Waals surface area contributed by atoms with Gasteiger partial charge in [-0.25, -0.2) is 4.79 Å². The minimum absolute atomic E-state index is 0.0617. The molecule has 2 aliphatic rings. The van der Waals surface area contributed by atoms with Crippen LogP contribution in [0.15, 0.2) is 0 Å². The Hall–Kier alpha value is -4.36. The normalized spacial score (nSPS) is 21.6. The van der Waals surface area contributed by atoms with Crippen molar-refractivity contribution in [1.82, 2.24) is 36.4 Å². The number of rotatable bonds is 23. The highest BCUT2D eigenvalue weighted by Crippen LogP contribution is 2.24. The van der Waals surface area contributed by atoms with E-state index in [0.29, 0.717) is 32.1 Å². The summed E-state index contributed by atoms with van der Waals surface area (Å²) in [6.45, 7) is 15.4. The standard InChI is InChI=1S/C41H72N8O11/c1-10-22(6)30(38(56)43-27(19-21(4)5)35(53)46-32(41(59)60)24(8)12-3)44-36(54)28-15-14-18-49(28)40(58)33(25(9)51)47-37(55)29-16-13-17-48(29)39(57)31(23(7)11-2)45-34(52)26(42)20-50/h21-33,50-51H,10-20,42H2,1-9H3,(H,43,56)(H,44,54)(H,45,52)(H,46,53)(H,47,55)(H,59,60)/t22-,23-,24-,25+,26-,27-,28-,29-,30-,31-,32-,33-/m0/s1. The van der Waals surface area contributed by atoms with E-state index in [-0.39, 0.29) is 50.1 Å². The van der Waals surface area contributed by atoms with Crippen molar-refractivity contribution < 1.29 is 53.7 Å². The first-order chi connectivity index (χ1) is 28.1. The van der Waals surface area contributed by atoms with Crippen LogP contribution in [0.1, 0.15) is 114 Å². The van der Waals surface area contributed by atoms with Gasteiger partial charge in [0, 0.05) is 13.1 Å². The van der Waals surface area contributed by atoms with Crippen LogP contribution in [0.25, 0.3) is 0 Å². The fraction of sp³-hybridized carbons (Fsp3) is 0.805. The van der Waals surface area contributed by atoms with Crippen molar-refractivity contribution in [2.24, 2.45) is 29.4 Å². The lowest BCUT2D eigenvalue weighted by Crippen LogP contribution is -2.62. The maximum atomic E-state index is 14.1. The minimum atomic E-state index is -1.50. The third-order valence-electron chi connectivity index (χ3n) is 11.9. The highest BCUT2D eigenvalue weighted by Gasteiger charge is 2.44. The molecule has 19 heteroatoms. The summed E-state index contributed by atoms with van der Waals surface area (Å²) in [5, 5.41) is 43.2. The van der Waals surface area contributed by atoms with Gasteiger partial charge in [0.05, 0.1) is 12.7 Å². The molecule has 0 bridgehead atoms. The first-order valence-corrected chi connectivity index (χ1v) is 21.5. The molecule has 2 fully saturated rings. The van der Waals surface area contributed by atoms with Crippen molar-refractivity contribution in [2.45, 2.75) is 168 Å². The quantitative estimate of drug-likeness (QED) is 0.0621. The average Bonchev–Trinajstić information content (AvgIpc) is 3.91. The van der Waals surface area contributed by atoms with Gasteiger partial charge in [0.15, 0.2) is 0 Å². The van der Waals surface area contributed by atoms with Gasteiger partial charge >= 0.3 is 5.97 Å².